The fourth-order valence-electron chi connectivity index (χ4n) is 4.07. The van der Waals surface area contributed by atoms with E-state index in [4.69, 9.17) is 9.72 Å². The Balaban J connectivity index is 1.34. The Hall–Kier alpha value is -2.65. The third-order valence-electron chi connectivity index (χ3n) is 5.94. The maximum atomic E-state index is 12.5. The van der Waals surface area contributed by atoms with Crippen molar-refractivity contribution in [1.82, 2.24) is 20.2 Å². The van der Waals surface area contributed by atoms with Gasteiger partial charge in [-0.15, -0.1) is 0 Å². The number of ether oxygens (including phenoxy) is 1. The maximum absolute atomic E-state index is 12.5. The molecule has 1 aromatic carbocycles. The van der Waals surface area contributed by atoms with Crippen LogP contribution in [0.15, 0.2) is 35.5 Å². The minimum Gasteiger partial charge on any atom is -0.376 e. The number of amides is 2. The minimum atomic E-state index is -0.0730. The Labute approximate surface area is 199 Å². The van der Waals surface area contributed by atoms with Crippen LogP contribution in [-0.4, -0.2) is 72.1 Å². The van der Waals surface area contributed by atoms with Gasteiger partial charge in [0.25, 0.3) is 5.91 Å². The molecule has 0 radical (unpaired) electrons. The van der Waals surface area contributed by atoms with Crippen molar-refractivity contribution in [2.75, 3.05) is 44.2 Å². The van der Waals surface area contributed by atoms with Crippen molar-refractivity contribution < 1.29 is 14.3 Å². The molecule has 9 heteroatoms. The number of nitrogens with zero attached hydrogens (tertiary/aromatic N) is 4. The molecule has 176 valence electrons. The van der Waals surface area contributed by atoms with Gasteiger partial charge in [-0.1, -0.05) is 23.9 Å². The molecule has 1 N–H and O–H groups in total. The molecule has 4 rings (SSSR count). The quantitative estimate of drug-likeness (QED) is 0.493. The van der Waals surface area contributed by atoms with Crippen molar-refractivity contribution in [1.29, 1.82) is 0 Å². The van der Waals surface area contributed by atoms with E-state index in [1.165, 1.54) is 0 Å². The summed E-state index contributed by atoms with van der Waals surface area (Å²) in [6, 6.07) is 9.68. The topological polar surface area (TPSA) is 87.7 Å². The number of hydrogen-bond acceptors (Lipinski definition) is 7. The summed E-state index contributed by atoms with van der Waals surface area (Å²) < 4.78 is 5.58. The van der Waals surface area contributed by atoms with Crippen LogP contribution in [0, 0.1) is 6.92 Å². The first-order valence-corrected chi connectivity index (χ1v) is 12.4. The van der Waals surface area contributed by atoms with Crippen LogP contribution in [-0.2, 0) is 15.3 Å². The summed E-state index contributed by atoms with van der Waals surface area (Å²) in [5, 5.41) is 3.69. The normalized spacial score (nSPS) is 18.4. The molecule has 0 spiro atoms. The van der Waals surface area contributed by atoms with E-state index >= 15 is 0 Å². The van der Waals surface area contributed by atoms with Crippen molar-refractivity contribution in [2.45, 2.75) is 43.7 Å². The summed E-state index contributed by atoms with van der Waals surface area (Å²) in [6.45, 7) is 7.88. The van der Waals surface area contributed by atoms with Crippen molar-refractivity contribution in [3.05, 3.63) is 47.2 Å². The van der Waals surface area contributed by atoms with E-state index in [1.54, 1.807) is 18.7 Å². The number of anilines is 1. The highest BCUT2D eigenvalue weighted by Gasteiger charge is 2.20. The Kier molecular flexibility index (Phi) is 7.82. The molecule has 1 aromatic heterocycles. The monoisotopic (exact) mass is 469 g/mol. The van der Waals surface area contributed by atoms with E-state index in [-0.39, 0.29) is 17.9 Å². The summed E-state index contributed by atoms with van der Waals surface area (Å²) in [4.78, 5) is 37.5. The van der Waals surface area contributed by atoms with Crippen LogP contribution in [0.1, 0.15) is 41.4 Å². The summed E-state index contributed by atoms with van der Waals surface area (Å²) in [5.41, 5.74) is 2.62. The third kappa shape index (κ3) is 6.45. The number of rotatable bonds is 7. The second-order valence-corrected chi connectivity index (χ2v) is 9.42. The van der Waals surface area contributed by atoms with Gasteiger partial charge in [-0.3, -0.25) is 9.59 Å². The van der Waals surface area contributed by atoms with Crippen LogP contribution in [0.5, 0.6) is 0 Å². The van der Waals surface area contributed by atoms with Gasteiger partial charge in [0.1, 0.15) is 5.82 Å². The van der Waals surface area contributed by atoms with E-state index in [2.05, 4.69) is 15.2 Å². The van der Waals surface area contributed by atoms with E-state index in [1.807, 2.05) is 42.2 Å². The number of aryl methyl sites for hydroxylation is 1. The van der Waals surface area contributed by atoms with Gasteiger partial charge in [0.05, 0.1) is 6.10 Å². The molecular formula is C24H31N5O3S. The maximum Gasteiger partial charge on any atom is 0.251 e. The Morgan fingerprint density at radius 2 is 2.00 bits per heavy atom. The molecule has 0 unspecified atom stereocenters. The van der Waals surface area contributed by atoms with Crippen molar-refractivity contribution >= 4 is 29.4 Å². The first kappa shape index (κ1) is 23.5. The highest BCUT2D eigenvalue weighted by Crippen LogP contribution is 2.24. The molecule has 33 heavy (non-hydrogen) atoms. The molecule has 2 fully saturated rings. The van der Waals surface area contributed by atoms with E-state index in [0.717, 1.165) is 49.6 Å². The molecular weight excluding hydrogens is 438 g/mol. The fourth-order valence-corrected chi connectivity index (χ4v) is 4.91. The van der Waals surface area contributed by atoms with E-state index < -0.39 is 0 Å². The average Bonchev–Trinajstić information content (AvgIpc) is 3.35. The van der Waals surface area contributed by atoms with Crippen LogP contribution >= 0.6 is 11.8 Å². The zero-order valence-corrected chi connectivity index (χ0v) is 20.1. The molecule has 8 nitrogen and oxygen atoms in total. The molecule has 2 amide bonds. The van der Waals surface area contributed by atoms with Gasteiger partial charge >= 0.3 is 0 Å². The molecule has 0 aliphatic carbocycles. The standard InChI is InChI=1S/C24H31N5O3S/c1-17-13-22(29-10-8-28(9-11-29)18(2)30)27-24(26-17)33-16-19-5-3-6-20(14-19)23(31)25-15-21-7-4-12-32-21/h3,5-6,13-14,21H,4,7-12,15-16H2,1-2H3,(H,25,31)/t21-/m0/s1. The molecule has 2 aliphatic heterocycles. The first-order chi connectivity index (χ1) is 16.0. The van der Waals surface area contributed by atoms with E-state index in [9.17, 15) is 9.59 Å². The predicted molar refractivity (Wildman–Crippen MR) is 129 cm³/mol. The number of nitrogens with one attached hydrogen (secondary N) is 1. The number of carbonyl (C=O) groups is 2. The number of hydrogen-bond donors (Lipinski definition) is 1. The molecule has 0 saturated carbocycles. The lowest BCUT2D eigenvalue weighted by Crippen LogP contribution is -2.48. The molecule has 2 aromatic rings. The largest absolute Gasteiger partial charge is 0.376 e. The number of thioether (sulfide) groups is 1. The number of carbonyl (C=O) groups excluding carboxylic acids is 2. The Bertz CT molecular complexity index is 988. The minimum absolute atomic E-state index is 0.0730. The number of benzene rings is 1. The van der Waals surface area contributed by atoms with Crippen molar-refractivity contribution in [3.8, 4) is 0 Å². The molecule has 0 bridgehead atoms. The second kappa shape index (κ2) is 11.0. The van der Waals surface area contributed by atoms with Crippen molar-refractivity contribution in [3.63, 3.8) is 0 Å². The van der Waals surface area contributed by atoms with Crippen molar-refractivity contribution in [2.24, 2.45) is 0 Å². The van der Waals surface area contributed by atoms with Gasteiger partial charge in [0.2, 0.25) is 5.91 Å². The average molecular weight is 470 g/mol. The van der Waals surface area contributed by atoms with Gasteiger partial charge in [0.15, 0.2) is 5.16 Å². The first-order valence-electron chi connectivity index (χ1n) is 11.5. The summed E-state index contributed by atoms with van der Waals surface area (Å²) in [7, 11) is 0. The van der Waals surface area contributed by atoms with Gasteiger partial charge in [-0.25, -0.2) is 9.97 Å². The van der Waals surface area contributed by atoms with Crippen LogP contribution in [0.2, 0.25) is 0 Å². The third-order valence-corrected chi connectivity index (χ3v) is 6.86. The summed E-state index contributed by atoms with van der Waals surface area (Å²) in [6.07, 6.45) is 2.19. The zero-order chi connectivity index (χ0) is 23.2. The van der Waals surface area contributed by atoms with Gasteiger partial charge in [-0.05, 0) is 37.5 Å². The Morgan fingerprint density at radius 1 is 1.18 bits per heavy atom. The van der Waals surface area contributed by atoms with Gasteiger partial charge in [0, 0.05) is 69.3 Å². The lowest BCUT2D eigenvalue weighted by atomic mass is 10.1. The number of aromatic nitrogens is 2. The van der Waals surface area contributed by atoms with Crippen LogP contribution in [0.25, 0.3) is 0 Å². The molecule has 1 atom stereocenters. The second-order valence-electron chi connectivity index (χ2n) is 8.48. The lowest BCUT2D eigenvalue weighted by Gasteiger charge is -2.35. The SMILES string of the molecule is CC(=O)N1CCN(c2cc(C)nc(SCc3cccc(C(=O)NC[C@@H]4CCCO4)c3)n2)CC1. The lowest BCUT2D eigenvalue weighted by molar-refractivity contribution is -0.129. The van der Waals surface area contributed by atoms with Crippen LogP contribution < -0.4 is 10.2 Å². The van der Waals surface area contributed by atoms with Crippen LogP contribution in [0.4, 0.5) is 5.82 Å². The Morgan fingerprint density at radius 3 is 2.73 bits per heavy atom. The van der Waals surface area contributed by atoms with Crippen LogP contribution in [0.3, 0.4) is 0 Å². The molecule has 2 saturated heterocycles. The number of piperazine rings is 1. The highest BCUT2D eigenvalue weighted by molar-refractivity contribution is 7.98. The molecule has 3 heterocycles. The van der Waals surface area contributed by atoms with Gasteiger partial charge in [-0.2, -0.15) is 0 Å². The predicted octanol–water partition coefficient (Wildman–Crippen LogP) is 2.65. The van der Waals surface area contributed by atoms with Gasteiger partial charge < -0.3 is 19.9 Å². The summed E-state index contributed by atoms with van der Waals surface area (Å²) >= 11 is 1.56. The highest BCUT2D eigenvalue weighted by atomic mass is 32.2. The fraction of sp³-hybridized carbons (Fsp3) is 0.500. The molecule has 2 aliphatic rings. The van der Waals surface area contributed by atoms with E-state index in [0.29, 0.717) is 36.1 Å². The zero-order valence-electron chi connectivity index (χ0n) is 19.2. The summed E-state index contributed by atoms with van der Waals surface area (Å²) in [5.74, 6) is 1.62. The smallest absolute Gasteiger partial charge is 0.251 e.